The minimum absolute atomic E-state index is 0.0384. The van der Waals surface area contributed by atoms with Crippen LogP contribution in [0.5, 0.6) is 0 Å². The van der Waals surface area contributed by atoms with Crippen molar-refractivity contribution in [3.63, 3.8) is 0 Å². The molecule has 1 aliphatic heterocycles. The van der Waals surface area contributed by atoms with Gasteiger partial charge in [0, 0.05) is 38.2 Å². The molecule has 1 N–H and O–H groups in total. The first-order chi connectivity index (χ1) is 16.1. The molecule has 0 bridgehead atoms. The van der Waals surface area contributed by atoms with Gasteiger partial charge in [-0.1, -0.05) is 6.92 Å². The fourth-order valence-corrected chi connectivity index (χ4v) is 5.01. The minimum atomic E-state index is -4.46. The quantitative estimate of drug-likeness (QED) is 0.594. The lowest BCUT2D eigenvalue weighted by Gasteiger charge is -2.36. The number of sulfone groups is 1. The van der Waals surface area contributed by atoms with Crippen LogP contribution in [0.1, 0.15) is 30.1 Å². The van der Waals surface area contributed by atoms with Crippen LogP contribution in [-0.2, 0) is 19.4 Å². The first-order valence-corrected chi connectivity index (χ1v) is 12.3. The summed E-state index contributed by atoms with van der Waals surface area (Å²) in [7, 11) is -4.46. The van der Waals surface area contributed by atoms with Gasteiger partial charge in [0.1, 0.15) is 11.6 Å². The number of nitrogens with one attached hydrogen (secondary N) is 1. The minimum Gasteiger partial charge on any atom is -0.339 e. The number of carbonyl (C=O) groups excluding carboxylic acids is 3. The summed E-state index contributed by atoms with van der Waals surface area (Å²) < 4.78 is 53.2. The molecule has 0 aromatic heterocycles. The standard InChI is InChI=1S/C23H25F2N3O5S/c1-2-3-20(29)27-12-14-28(15-13-27)23(31)22(26-21(30)16-4-6-17(24)7-5-16)34(32,33)19-10-8-18(25)9-11-19/h4-11,22H,2-3,12-15H2,1H3,(H,26,30). The molecule has 3 amide bonds. The Hall–Kier alpha value is -3.34. The summed E-state index contributed by atoms with van der Waals surface area (Å²) in [4.78, 5) is 40.7. The average molecular weight is 494 g/mol. The highest BCUT2D eigenvalue weighted by Crippen LogP contribution is 2.19. The molecule has 11 heteroatoms. The van der Waals surface area contributed by atoms with E-state index >= 15 is 0 Å². The molecule has 182 valence electrons. The molecule has 1 fully saturated rings. The van der Waals surface area contributed by atoms with Crippen LogP contribution in [0, 0.1) is 11.6 Å². The van der Waals surface area contributed by atoms with E-state index in [1.165, 1.54) is 4.90 Å². The number of halogens is 2. The van der Waals surface area contributed by atoms with Crippen molar-refractivity contribution in [1.82, 2.24) is 15.1 Å². The second-order valence-corrected chi connectivity index (χ2v) is 9.85. The van der Waals surface area contributed by atoms with Gasteiger partial charge < -0.3 is 15.1 Å². The van der Waals surface area contributed by atoms with Crippen LogP contribution >= 0.6 is 0 Å². The van der Waals surface area contributed by atoms with Crippen LogP contribution in [0.4, 0.5) is 8.78 Å². The number of piperazine rings is 1. The highest BCUT2D eigenvalue weighted by Gasteiger charge is 2.39. The molecule has 2 aromatic rings. The van der Waals surface area contributed by atoms with Crippen molar-refractivity contribution < 1.29 is 31.6 Å². The number of rotatable bonds is 7. The fraction of sp³-hybridized carbons (Fsp3) is 0.348. The Morgan fingerprint density at radius 1 is 0.882 bits per heavy atom. The van der Waals surface area contributed by atoms with Crippen molar-refractivity contribution >= 4 is 27.6 Å². The summed E-state index contributed by atoms with van der Waals surface area (Å²) in [5.74, 6) is -3.05. The molecule has 8 nitrogen and oxygen atoms in total. The second-order valence-electron chi connectivity index (χ2n) is 7.82. The molecule has 2 aromatic carbocycles. The molecule has 0 radical (unpaired) electrons. The van der Waals surface area contributed by atoms with Gasteiger partial charge in [-0.2, -0.15) is 0 Å². The molecule has 3 rings (SSSR count). The van der Waals surface area contributed by atoms with E-state index in [1.54, 1.807) is 4.90 Å². The zero-order valence-electron chi connectivity index (χ0n) is 18.5. The van der Waals surface area contributed by atoms with Crippen LogP contribution in [0.15, 0.2) is 53.4 Å². The number of hydrogen-bond acceptors (Lipinski definition) is 5. The Labute approximate surface area is 196 Å². The highest BCUT2D eigenvalue weighted by atomic mass is 32.2. The van der Waals surface area contributed by atoms with Gasteiger partial charge in [-0.3, -0.25) is 14.4 Å². The molecule has 34 heavy (non-hydrogen) atoms. The third-order valence-electron chi connectivity index (χ3n) is 5.45. The molecule has 0 aliphatic carbocycles. The molecule has 0 saturated carbocycles. The molecule has 1 saturated heterocycles. The van der Waals surface area contributed by atoms with E-state index in [9.17, 15) is 31.6 Å². The molecule has 1 aliphatic rings. The lowest BCUT2D eigenvalue weighted by molar-refractivity contribution is -0.139. The van der Waals surface area contributed by atoms with Crippen molar-refractivity contribution in [3.05, 3.63) is 65.7 Å². The van der Waals surface area contributed by atoms with Gasteiger partial charge in [-0.25, -0.2) is 17.2 Å². The van der Waals surface area contributed by atoms with Crippen molar-refractivity contribution in [2.45, 2.75) is 30.0 Å². The summed E-state index contributed by atoms with van der Waals surface area (Å²) in [6.45, 7) is 2.54. The maximum absolute atomic E-state index is 13.3. The predicted molar refractivity (Wildman–Crippen MR) is 119 cm³/mol. The van der Waals surface area contributed by atoms with E-state index < -0.39 is 38.7 Å². The first-order valence-electron chi connectivity index (χ1n) is 10.8. The second kappa shape index (κ2) is 10.7. The number of hydrogen-bond donors (Lipinski definition) is 1. The van der Waals surface area contributed by atoms with Gasteiger partial charge in [0.05, 0.1) is 4.90 Å². The zero-order valence-corrected chi connectivity index (χ0v) is 19.4. The van der Waals surface area contributed by atoms with Gasteiger partial charge in [-0.05, 0) is 55.0 Å². The largest absolute Gasteiger partial charge is 0.339 e. The predicted octanol–water partition coefficient (Wildman–Crippen LogP) is 1.97. The van der Waals surface area contributed by atoms with Crippen LogP contribution in [-0.4, -0.2) is 67.5 Å². The molecule has 1 atom stereocenters. The Bertz CT molecular complexity index is 1150. The van der Waals surface area contributed by atoms with E-state index in [-0.39, 0.29) is 42.5 Å². The summed E-state index contributed by atoms with van der Waals surface area (Å²) in [5, 5.41) is 0.250. The number of amides is 3. The Morgan fingerprint density at radius 3 is 1.91 bits per heavy atom. The van der Waals surface area contributed by atoms with Crippen LogP contribution in [0.25, 0.3) is 0 Å². The molecule has 1 unspecified atom stereocenters. The highest BCUT2D eigenvalue weighted by molar-refractivity contribution is 7.92. The van der Waals surface area contributed by atoms with E-state index in [0.717, 1.165) is 48.5 Å². The molecular formula is C23H25F2N3O5S. The third-order valence-corrected chi connectivity index (χ3v) is 7.32. The Morgan fingerprint density at radius 2 is 1.38 bits per heavy atom. The van der Waals surface area contributed by atoms with Crippen molar-refractivity contribution in [1.29, 1.82) is 0 Å². The van der Waals surface area contributed by atoms with Crippen LogP contribution in [0.2, 0.25) is 0 Å². The first kappa shape index (κ1) is 25.3. The lowest BCUT2D eigenvalue weighted by atomic mass is 10.2. The van der Waals surface area contributed by atoms with E-state index in [1.807, 2.05) is 6.92 Å². The maximum atomic E-state index is 13.3. The Balaban J connectivity index is 1.86. The SMILES string of the molecule is CCCC(=O)N1CCN(C(=O)C(NC(=O)c2ccc(F)cc2)S(=O)(=O)c2ccc(F)cc2)CC1. The van der Waals surface area contributed by atoms with E-state index in [0.29, 0.717) is 12.8 Å². The van der Waals surface area contributed by atoms with Gasteiger partial charge >= 0.3 is 0 Å². The van der Waals surface area contributed by atoms with Crippen molar-refractivity contribution in [3.8, 4) is 0 Å². The van der Waals surface area contributed by atoms with E-state index in [2.05, 4.69) is 5.32 Å². The Kier molecular flexibility index (Phi) is 7.98. The van der Waals surface area contributed by atoms with Crippen LogP contribution in [0.3, 0.4) is 0 Å². The van der Waals surface area contributed by atoms with Crippen molar-refractivity contribution in [2.75, 3.05) is 26.2 Å². The monoisotopic (exact) mass is 493 g/mol. The summed E-state index contributed by atoms with van der Waals surface area (Å²) in [5.41, 5.74) is -0.0384. The fourth-order valence-electron chi connectivity index (χ4n) is 3.55. The maximum Gasteiger partial charge on any atom is 0.261 e. The van der Waals surface area contributed by atoms with Gasteiger partial charge in [-0.15, -0.1) is 0 Å². The zero-order chi connectivity index (χ0) is 24.9. The summed E-state index contributed by atoms with van der Waals surface area (Å²) >= 11 is 0. The normalized spacial score (nSPS) is 15.0. The van der Waals surface area contributed by atoms with E-state index in [4.69, 9.17) is 0 Å². The molecular weight excluding hydrogens is 468 g/mol. The number of nitrogens with zero attached hydrogens (tertiary/aromatic N) is 2. The van der Waals surface area contributed by atoms with Gasteiger partial charge in [0.2, 0.25) is 21.1 Å². The average Bonchev–Trinajstić information content (AvgIpc) is 2.83. The lowest BCUT2D eigenvalue weighted by Crippen LogP contribution is -2.57. The summed E-state index contributed by atoms with van der Waals surface area (Å²) in [6, 6.07) is 8.29. The van der Waals surface area contributed by atoms with Crippen LogP contribution < -0.4 is 5.32 Å². The van der Waals surface area contributed by atoms with Crippen molar-refractivity contribution in [2.24, 2.45) is 0 Å². The topological polar surface area (TPSA) is 104 Å². The van der Waals surface area contributed by atoms with Gasteiger partial charge in [0.15, 0.2) is 0 Å². The third kappa shape index (κ3) is 5.77. The summed E-state index contributed by atoms with van der Waals surface area (Å²) in [6.07, 6.45) is 1.06. The number of carbonyl (C=O) groups is 3. The van der Waals surface area contributed by atoms with Gasteiger partial charge in [0.25, 0.3) is 11.8 Å². The number of benzene rings is 2. The molecule has 1 heterocycles. The molecule has 0 spiro atoms. The smallest absolute Gasteiger partial charge is 0.261 e.